The zero-order chi connectivity index (χ0) is 13.8. The quantitative estimate of drug-likeness (QED) is 0.871. The molecule has 3 rings (SSSR count). The third-order valence-corrected chi connectivity index (χ3v) is 4.58. The molecular formula is C17H24N2O. The second kappa shape index (κ2) is 6.29. The van der Waals surface area contributed by atoms with Crippen LogP contribution in [0.15, 0.2) is 18.2 Å². The summed E-state index contributed by atoms with van der Waals surface area (Å²) in [7, 11) is 0. The number of hydrogen-bond acceptors (Lipinski definition) is 2. The minimum absolute atomic E-state index is 0.167. The van der Waals surface area contributed by atoms with Gasteiger partial charge >= 0.3 is 0 Å². The van der Waals surface area contributed by atoms with Gasteiger partial charge in [0.05, 0.1) is 0 Å². The van der Waals surface area contributed by atoms with E-state index >= 15 is 0 Å². The number of nitrogens with one attached hydrogen (secondary N) is 2. The van der Waals surface area contributed by atoms with Gasteiger partial charge in [-0.2, -0.15) is 0 Å². The lowest BCUT2D eigenvalue weighted by Crippen LogP contribution is -2.15. The molecule has 0 radical (unpaired) electrons. The number of amides is 1. The van der Waals surface area contributed by atoms with E-state index in [1.165, 1.54) is 43.4 Å². The molecular weight excluding hydrogens is 248 g/mol. The fraction of sp³-hybridized carbons (Fsp3) is 0.588. The van der Waals surface area contributed by atoms with Gasteiger partial charge in [-0.15, -0.1) is 0 Å². The SMILES string of the molecule is O=C(CCC1CCCC1)Nc1ccc2c(c1)CCCN2. The molecule has 0 saturated heterocycles. The molecule has 108 valence electrons. The van der Waals surface area contributed by atoms with E-state index in [0.717, 1.165) is 31.0 Å². The van der Waals surface area contributed by atoms with Gasteiger partial charge in [-0.1, -0.05) is 25.7 Å². The number of rotatable bonds is 4. The van der Waals surface area contributed by atoms with Crippen LogP contribution in [0.5, 0.6) is 0 Å². The summed E-state index contributed by atoms with van der Waals surface area (Å²) in [4.78, 5) is 12.0. The van der Waals surface area contributed by atoms with Crippen LogP contribution in [0.2, 0.25) is 0 Å². The highest BCUT2D eigenvalue weighted by Crippen LogP contribution is 2.29. The number of fused-ring (bicyclic) bond motifs is 1. The Bertz CT molecular complexity index is 478. The Morgan fingerprint density at radius 1 is 1.25 bits per heavy atom. The molecule has 0 spiro atoms. The normalized spacial score (nSPS) is 18.4. The van der Waals surface area contributed by atoms with E-state index in [1.807, 2.05) is 6.07 Å². The molecule has 2 aliphatic rings. The fourth-order valence-electron chi connectivity index (χ4n) is 3.41. The first-order valence-corrected chi connectivity index (χ1v) is 7.98. The lowest BCUT2D eigenvalue weighted by atomic mass is 10.0. The van der Waals surface area contributed by atoms with Crippen molar-refractivity contribution in [2.45, 2.75) is 51.4 Å². The lowest BCUT2D eigenvalue weighted by Gasteiger charge is -2.19. The van der Waals surface area contributed by atoms with Crippen LogP contribution < -0.4 is 10.6 Å². The molecule has 3 heteroatoms. The standard InChI is InChI=1S/C17H24N2O/c20-17(10-7-13-4-1-2-5-13)19-15-8-9-16-14(12-15)6-3-11-18-16/h8-9,12-13,18H,1-7,10-11H2,(H,19,20). The maximum atomic E-state index is 12.0. The van der Waals surface area contributed by atoms with Gasteiger partial charge in [0.1, 0.15) is 0 Å². The van der Waals surface area contributed by atoms with Crippen molar-refractivity contribution in [3.05, 3.63) is 23.8 Å². The van der Waals surface area contributed by atoms with E-state index in [-0.39, 0.29) is 5.91 Å². The Morgan fingerprint density at radius 3 is 2.95 bits per heavy atom. The maximum Gasteiger partial charge on any atom is 0.224 e. The summed E-state index contributed by atoms with van der Waals surface area (Å²) in [5.74, 6) is 0.953. The van der Waals surface area contributed by atoms with Crippen LogP contribution in [-0.2, 0) is 11.2 Å². The van der Waals surface area contributed by atoms with Crippen molar-refractivity contribution in [3.63, 3.8) is 0 Å². The number of anilines is 2. The van der Waals surface area contributed by atoms with Gasteiger partial charge in [0, 0.05) is 24.3 Å². The summed E-state index contributed by atoms with van der Waals surface area (Å²) in [6.07, 6.45) is 9.34. The highest BCUT2D eigenvalue weighted by molar-refractivity contribution is 5.91. The molecule has 2 N–H and O–H groups in total. The molecule has 0 atom stereocenters. The van der Waals surface area contributed by atoms with Crippen molar-refractivity contribution in [1.29, 1.82) is 0 Å². The van der Waals surface area contributed by atoms with Gasteiger partial charge in [0.25, 0.3) is 0 Å². The van der Waals surface area contributed by atoms with Crippen molar-refractivity contribution in [2.75, 3.05) is 17.2 Å². The highest BCUT2D eigenvalue weighted by Gasteiger charge is 2.16. The van der Waals surface area contributed by atoms with E-state index in [0.29, 0.717) is 6.42 Å². The van der Waals surface area contributed by atoms with E-state index in [4.69, 9.17) is 0 Å². The molecule has 0 aromatic heterocycles. The Hall–Kier alpha value is -1.51. The zero-order valence-corrected chi connectivity index (χ0v) is 12.1. The van der Waals surface area contributed by atoms with Gasteiger partial charge in [-0.3, -0.25) is 4.79 Å². The van der Waals surface area contributed by atoms with Gasteiger partial charge in [-0.05, 0) is 48.9 Å². The van der Waals surface area contributed by atoms with E-state index in [9.17, 15) is 4.79 Å². The minimum Gasteiger partial charge on any atom is -0.385 e. The molecule has 1 aliphatic carbocycles. The van der Waals surface area contributed by atoms with Crippen LogP contribution in [0.1, 0.15) is 50.5 Å². The van der Waals surface area contributed by atoms with Crippen molar-refractivity contribution in [1.82, 2.24) is 0 Å². The van der Waals surface area contributed by atoms with Crippen LogP contribution in [0.25, 0.3) is 0 Å². The first kappa shape index (κ1) is 13.5. The molecule has 1 aromatic carbocycles. The van der Waals surface area contributed by atoms with Gasteiger partial charge in [-0.25, -0.2) is 0 Å². The molecule has 1 aromatic rings. The van der Waals surface area contributed by atoms with Crippen LogP contribution in [0, 0.1) is 5.92 Å². The zero-order valence-electron chi connectivity index (χ0n) is 12.1. The largest absolute Gasteiger partial charge is 0.385 e. The Labute approximate surface area is 121 Å². The third kappa shape index (κ3) is 3.33. The number of carbonyl (C=O) groups is 1. The van der Waals surface area contributed by atoms with E-state index in [1.54, 1.807) is 0 Å². The van der Waals surface area contributed by atoms with Crippen molar-refractivity contribution in [3.8, 4) is 0 Å². The average molecular weight is 272 g/mol. The minimum atomic E-state index is 0.167. The molecule has 1 saturated carbocycles. The number of carbonyl (C=O) groups excluding carboxylic acids is 1. The molecule has 1 amide bonds. The van der Waals surface area contributed by atoms with Crippen LogP contribution >= 0.6 is 0 Å². The third-order valence-electron chi connectivity index (χ3n) is 4.58. The Balaban J connectivity index is 1.52. The smallest absolute Gasteiger partial charge is 0.224 e. The molecule has 0 bridgehead atoms. The number of benzene rings is 1. The highest BCUT2D eigenvalue weighted by atomic mass is 16.1. The van der Waals surface area contributed by atoms with Crippen molar-refractivity contribution in [2.24, 2.45) is 5.92 Å². The molecule has 1 fully saturated rings. The van der Waals surface area contributed by atoms with E-state index in [2.05, 4.69) is 22.8 Å². The van der Waals surface area contributed by atoms with Crippen LogP contribution in [-0.4, -0.2) is 12.5 Å². The average Bonchev–Trinajstić information content (AvgIpc) is 2.98. The second-order valence-electron chi connectivity index (χ2n) is 6.14. The number of aryl methyl sites for hydroxylation is 1. The summed E-state index contributed by atoms with van der Waals surface area (Å²) in [5.41, 5.74) is 3.49. The molecule has 1 heterocycles. The summed E-state index contributed by atoms with van der Waals surface area (Å²) >= 11 is 0. The van der Waals surface area contributed by atoms with Gasteiger partial charge < -0.3 is 10.6 Å². The monoisotopic (exact) mass is 272 g/mol. The topological polar surface area (TPSA) is 41.1 Å². The van der Waals surface area contributed by atoms with Crippen molar-refractivity contribution >= 4 is 17.3 Å². The second-order valence-corrected chi connectivity index (χ2v) is 6.14. The maximum absolute atomic E-state index is 12.0. The Morgan fingerprint density at radius 2 is 2.10 bits per heavy atom. The fourth-order valence-corrected chi connectivity index (χ4v) is 3.41. The predicted octanol–water partition coefficient (Wildman–Crippen LogP) is 3.95. The van der Waals surface area contributed by atoms with Crippen LogP contribution in [0.3, 0.4) is 0 Å². The van der Waals surface area contributed by atoms with Crippen molar-refractivity contribution < 1.29 is 4.79 Å². The first-order chi connectivity index (χ1) is 9.81. The van der Waals surface area contributed by atoms with E-state index < -0.39 is 0 Å². The number of hydrogen-bond donors (Lipinski definition) is 2. The Kier molecular flexibility index (Phi) is 4.24. The molecule has 3 nitrogen and oxygen atoms in total. The van der Waals surface area contributed by atoms with Crippen LogP contribution in [0.4, 0.5) is 11.4 Å². The molecule has 1 aliphatic heterocycles. The first-order valence-electron chi connectivity index (χ1n) is 7.98. The summed E-state index contributed by atoms with van der Waals surface area (Å²) < 4.78 is 0. The summed E-state index contributed by atoms with van der Waals surface area (Å²) in [6.45, 7) is 1.06. The van der Waals surface area contributed by atoms with Gasteiger partial charge in [0.2, 0.25) is 5.91 Å². The summed E-state index contributed by atoms with van der Waals surface area (Å²) in [6, 6.07) is 6.21. The summed E-state index contributed by atoms with van der Waals surface area (Å²) in [5, 5.41) is 6.44. The predicted molar refractivity (Wildman–Crippen MR) is 83.1 cm³/mol. The molecule has 20 heavy (non-hydrogen) atoms. The van der Waals surface area contributed by atoms with Gasteiger partial charge in [0.15, 0.2) is 0 Å². The lowest BCUT2D eigenvalue weighted by molar-refractivity contribution is -0.116. The molecule has 0 unspecified atom stereocenters.